The molecule has 2 aromatic rings. The average Bonchev–Trinajstić information content (AvgIpc) is 2.89. The molecule has 1 aromatic heterocycles. The highest BCUT2D eigenvalue weighted by Crippen LogP contribution is 2.20. The van der Waals surface area contributed by atoms with Crippen LogP contribution in [0.1, 0.15) is 23.1 Å². The maximum Gasteiger partial charge on any atom is 0.273 e. The van der Waals surface area contributed by atoms with Crippen molar-refractivity contribution in [2.75, 3.05) is 13.1 Å². The molecule has 1 amide bonds. The number of nitrogens with one attached hydrogen (secondary N) is 1. The summed E-state index contributed by atoms with van der Waals surface area (Å²) in [6.07, 6.45) is 0. The lowest BCUT2D eigenvalue weighted by Crippen LogP contribution is -2.31. The van der Waals surface area contributed by atoms with Crippen molar-refractivity contribution in [2.24, 2.45) is 11.7 Å². The Hall–Kier alpha value is -1.99. The van der Waals surface area contributed by atoms with Crippen LogP contribution in [0, 0.1) is 18.7 Å². The van der Waals surface area contributed by atoms with Crippen LogP contribution in [0.2, 0.25) is 5.02 Å². The van der Waals surface area contributed by atoms with Crippen LogP contribution in [-0.2, 0) is 0 Å². The number of carbonyl (C=O) groups is 1. The van der Waals surface area contributed by atoms with Gasteiger partial charge in [-0.2, -0.15) is 0 Å². The smallest absolute Gasteiger partial charge is 0.273 e. The average molecular weight is 326 g/mol. The van der Waals surface area contributed by atoms with Crippen LogP contribution in [0.25, 0.3) is 5.69 Å². The summed E-state index contributed by atoms with van der Waals surface area (Å²) in [5.74, 6) is -0.663. The van der Waals surface area contributed by atoms with Crippen LogP contribution < -0.4 is 11.1 Å². The molecule has 0 aliphatic heterocycles. The number of amides is 1. The van der Waals surface area contributed by atoms with Crippen LogP contribution in [0.4, 0.5) is 4.39 Å². The van der Waals surface area contributed by atoms with Gasteiger partial charge in [0.15, 0.2) is 5.69 Å². The Kier molecular flexibility index (Phi) is 5.10. The van der Waals surface area contributed by atoms with E-state index in [2.05, 4.69) is 15.6 Å². The van der Waals surface area contributed by atoms with Crippen molar-refractivity contribution < 1.29 is 9.18 Å². The fourth-order valence-electron chi connectivity index (χ4n) is 1.83. The summed E-state index contributed by atoms with van der Waals surface area (Å²) >= 11 is 5.76. The standard InChI is InChI=1S/C14H17ClFN5O/c1-8(6-17)7-18-14(22)13-9(2)21(20-19-13)10-3-4-12(16)11(15)5-10/h3-5,8H,6-7,17H2,1-2H3,(H,18,22). The van der Waals surface area contributed by atoms with Crippen molar-refractivity contribution in [1.82, 2.24) is 20.3 Å². The highest BCUT2D eigenvalue weighted by atomic mass is 35.5. The molecular weight excluding hydrogens is 309 g/mol. The highest BCUT2D eigenvalue weighted by molar-refractivity contribution is 6.30. The highest BCUT2D eigenvalue weighted by Gasteiger charge is 2.18. The fourth-order valence-corrected chi connectivity index (χ4v) is 2.01. The van der Waals surface area contributed by atoms with Crippen molar-refractivity contribution in [3.05, 3.63) is 40.4 Å². The number of carbonyl (C=O) groups excluding carboxylic acids is 1. The Morgan fingerprint density at radius 3 is 2.91 bits per heavy atom. The Labute approximate surface area is 132 Å². The van der Waals surface area contributed by atoms with E-state index in [1.165, 1.54) is 22.9 Å². The van der Waals surface area contributed by atoms with Gasteiger partial charge in [-0.1, -0.05) is 23.7 Å². The molecule has 118 valence electrons. The Morgan fingerprint density at radius 1 is 1.55 bits per heavy atom. The van der Waals surface area contributed by atoms with Crippen LogP contribution in [-0.4, -0.2) is 34.0 Å². The Balaban J connectivity index is 2.21. The third-order valence-electron chi connectivity index (χ3n) is 3.27. The summed E-state index contributed by atoms with van der Waals surface area (Å²) in [5.41, 5.74) is 6.79. The number of benzene rings is 1. The zero-order chi connectivity index (χ0) is 16.3. The molecule has 3 N–H and O–H groups in total. The molecule has 0 saturated heterocycles. The summed E-state index contributed by atoms with van der Waals surface area (Å²) in [6.45, 7) is 4.59. The second kappa shape index (κ2) is 6.85. The van der Waals surface area contributed by atoms with Crippen molar-refractivity contribution in [2.45, 2.75) is 13.8 Å². The topological polar surface area (TPSA) is 85.8 Å². The molecule has 0 saturated carbocycles. The molecule has 1 unspecified atom stereocenters. The van der Waals surface area contributed by atoms with Crippen molar-refractivity contribution >= 4 is 17.5 Å². The molecule has 1 aromatic carbocycles. The molecule has 22 heavy (non-hydrogen) atoms. The van der Waals surface area contributed by atoms with Crippen LogP contribution >= 0.6 is 11.6 Å². The van der Waals surface area contributed by atoms with Gasteiger partial charge in [0.25, 0.3) is 5.91 Å². The van der Waals surface area contributed by atoms with Gasteiger partial charge in [0, 0.05) is 6.54 Å². The monoisotopic (exact) mass is 325 g/mol. The van der Waals surface area contributed by atoms with E-state index < -0.39 is 5.82 Å². The van der Waals surface area contributed by atoms with Gasteiger partial charge in [-0.3, -0.25) is 4.79 Å². The minimum atomic E-state index is -0.517. The first-order valence-electron chi connectivity index (χ1n) is 6.80. The molecule has 0 aliphatic carbocycles. The van der Waals surface area contributed by atoms with Gasteiger partial charge < -0.3 is 11.1 Å². The van der Waals surface area contributed by atoms with Crippen LogP contribution in [0.5, 0.6) is 0 Å². The minimum Gasteiger partial charge on any atom is -0.350 e. The largest absolute Gasteiger partial charge is 0.350 e. The summed E-state index contributed by atoms with van der Waals surface area (Å²) < 4.78 is 14.6. The van der Waals surface area contributed by atoms with E-state index in [4.69, 9.17) is 17.3 Å². The Morgan fingerprint density at radius 2 is 2.27 bits per heavy atom. The number of nitrogens with zero attached hydrogens (tertiary/aromatic N) is 3. The van der Waals surface area contributed by atoms with E-state index in [1.807, 2.05) is 6.92 Å². The maximum absolute atomic E-state index is 13.2. The second-order valence-corrected chi connectivity index (χ2v) is 5.49. The molecule has 0 radical (unpaired) electrons. The number of halogens is 2. The zero-order valence-electron chi connectivity index (χ0n) is 12.3. The first kappa shape index (κ1) is 16.4. The lowest BCUT2D eigenvalue weighted by Gasteiger charge is -2.09. The van der Waals surface area contributed by atoms with Gasteiger partial charge in [0.2, 0.25) is 0 Å². The molecule has 0 aliphatic rings. The third-order valence-corrected chi connectivity index (χ3v) is 3.56. The second-order valence-electron chi connectivity index (χ2n) is 5.08. The molecule has 1 heterocycles. The van der Waals surface area contributed by atoms with E-state index >= 15 is 0 Å². The molecule has 1 atom stereocenters. The van der Waals surface area contributed by atoms with Gasteiger partial charge >= 0.3 is 0 Å². The van der Waals surface area contributed by atoms with Gasteiger partial charge in [0.05, 0.1) is 16.4 Å². The summed E-state index contributed by atoms with van der Waals surface area (Å²) in [6, 6.07) is 4.18. The first-order valence-corrected chi connectivity index (χ1v) is 7.17. The van der Waals surface area contributed by atoms with E-state index in [1.54, 1.807) is 6.92 Å². The molecular formula is C14H17ClFN5O. The van der Waals surface area contributed by atoms with Gasteiger partial charge in [-0.25, -0.2) is 9.07 Å². The van der Waals surface area contributed by atoms with E-state index in [-0.39, 0.29) is 22.5 Å². The predicted octanol–water partition coefficient (Wildman–Crippen LogP) is 1.69. The van der Waals surface area contributed by atoms with Crippen molar-refractivity contribution in [3.63, 3.8) is 0 Å². The van der Waals surface area contributed by atoms with Crippen molar-refractivity contribution in [1.29, 1.82) is 0 Å². The fraction of sp³-hybridized carbons (Fsp3) is 0.357. The normalized spacial score (nSPS) is 12.2. The van der Waals surface area contributed by atoms with Gasteiger partial charge in [0.1, 0.15) is 5.82 Å². The molecule has 0 bridgehead atoms. The lowest BCUT2D eigenvalue weighted by molar-refractivity contribution is 0.0943. The van der Waals surface area contributed by atoms with Gasteiger partial charge in [-0.05, 0) is 37.6 Å². The number of aromatic nitrogens is 3. The number of rotatable bonds is 5. The maximum atomic E-state index is 13.2. The molecule has 0 spiro atoms. The first-order chi connectivity index (χ1) is 10.4. The van der Waals surface area contributed by atoms with Crippen molar-refractivity contribution in [3.8, 4) is 5.69 Å². The van der Waals surface area contributed by atoms with E-state index in [0.29, 0.717) is 24.5 Å². The SMILES string of the molecule is Cc1c(C(=O)NCC(C)CN)nnn1-c1ccc(F)c(Cl)c1. The molecule has 2 rings (SSSR count). The third kappa shape index (κ3) is 3.42. The van der Waals surface area contributed by atoms with Crippen LogP contribution in [0.3, 0.4) is 0 Å². The lowest BCUT2D eigenvalue weighted by atomic mass is 10.2. The Bertz CT molecular complexity index is 688. The molecule has 6 nitrogen and oxygen atoms in total. The quantitative estimate of drug-likeness (QED) is 0.876. The molecule has 8 heteroatoms. The van der Waals surface area contributed by atoms with Crippen LogP contribution in [0.15, 0.2) is 18.2 Å². The zero-order valence-corrected chi connectivity index (χ0v) is 13.1. The number of nitrogens with two attached hydrogens (primary N) is 1. The summed E-state index contributed by atoms with van der Waals surface area (Å²) in [4.78, 5) is 12.1. The van der Waals surface area contributed by atoms with E-state index in [0.717, 1.165) is 0 Å². The summed E-state index contributed by atoms with van der Waals surface area (Å²) in [7, 11) is 0. The predicted molar refractivity (Wildman–Crippen MR) is 81.6 cm³/mol. The number of hydrogen-bond donors (Lipinski definition) is 2. The number of hydrogen-bond acceptors (Lipinski definition) is 4. The minimum absolute atomic E-state index is 0.0184. The summed E-state index contributed by atoms with van der Waals surface area (Å²) in [5, 5.41) is 10.5. The van der Waals surface area contributed by atoms with E-state index in [9.17, 15) is 9.18 Å². The molecule has 0 fully saturated rings. The van der Waals surface area contributed by atoms with Gasteiger partial charge in [-0.15, -0.1) is 5.10 Å².